The van der Waals surface area contributed by atoms with Gasteiger partial charge in [0.05, 0.1) is 45.5 Å². The standard InChI is InChI=1S/C72H50N4O2/c1-43-25-31-51(32-26-43)73(63-21-11-17-55-53-15-5-9-23-67(53)77-71(55)63)61-35-29-47-37-49-42-66-50(41-65(49)75-59-19-7-3-13-45(59)39-57(61)69(47)75)38-48-30-36-62(58-40-46-14-4-8-20-60(46)76(66)70(48)58)74(52-33-27-44(2)28-34-52)64-22-12-18-56-54-16-6-10-24-68(54)78-72(56)64/h3-36,41-42H,37-40H2,1-2H3. The van der Waals surface area contributed by atoms with E-state index in [-0.39, 0.29) is 0 Å². The Labute approximate surface area is 451 Å². The first-order valence-electron chi connectivity index (χ1n) is 27.2. The first-order valence-corrected chi connectivity index (χ1v) is 27.2. The highest BCUT2D eigenvalue weighted by Gasteiger charge is 2.39. The number of rotatable bonds is 6. The fourth-order valence-electron chi connectivity index (χ4n) is 13.6. The van der Waals surface area contributed by atoms with Crippen molar-refractivity contribution in [3.05, 3.63) is 274 Å². The van der Waals surface area contributed by atoms with Crippen molar-refractivity contribution < 1.29 is 8.83 Å². The van der Waals surface area contributed by atoms with E-state index in [2.05, 4.69) is 252 Å². The molecule has 370 valence electrons. The van der Waals surface area contributed by atoms with Crippen molar-refractivity contribution in [3.8, 4) is 0 Å². The molecule has 0 saturated carbocycles. The highest BCUT2D eigenvalue weighted by Crippen LogP contribution is 2.59. The lowest BCUT2D eigenvalue weighted by Gasteiger charge is -2.44. The molecule has 6 nitrogen and oxygen atoms in total. The van der Waals surface area contributed by atoms with Crippen molar-refractivity contribution in [2.45, 2.75) is 39.5 Å². The van der Waals surface area contributed by atoms with Gasteiger partial charge in [-0.1, -0.05) is 145 Å². The zero-order valence-corrected chi connectivity index (χ0v) is 43.2. The number of nitrogens with zero attached hydrogens (tertiary/aromatic N) is 4. The maximum atomic E-state index is 6.81. The average Bonchev–Trinajstić information content (AvgIpc) is 4.15. The number of para-hydroxylation sites is 6. The van der Waals surface area contributed by atoms with Gasteiger partial charge in [-0.3, -0.25) is 0 Å². The molecule has 78 heavy (non-hydrogen) atoms. The van der Waals surface area contributed by atoms with Crippen LogP contribution in [0.1, 0.15) is 55.6 Å². The molecule has 0 amide bonds. The minimum atomic E-state index is 0.803. The second-order valence-electron chi connectivity index (χ2n) is 21.7. The van der Waals surface area contributed by atoms with E-state index in [4.69, 9.17) is 8.83 Å². The quantitative estimate of drug-likeness (QED) is 0.165. The van der Waals surface area contributed by atoms with Crippen molar-refractivity contribution in [1.29, 1.82) is 0 Å². The summed E-state index contributed by atoms with van der Waals surface area (Å²) >= 11 is 0. The van der Waals surface area contributed by atoms with Gasteiger partial charge in [0.1, 0.15) is 11.2 Å². The molecular formula is C72H50N4O2. The van der Waals surface area contributed by atoms with Gasteiger partial charge in [-0.25, -0.2) is 0 Å². The van der Waals surface area contributed by atoms with Gasteiger partial charge in [0.25, 0.3) is 0 Å². The van der Waals surface area contributed by atoms with Crippen molar-refractivity contribution in [2.24, 2.45) is 0 Å². The highest BCUT2D eigenvalue weighted by atomic mass is 16.3. The van der Waals surface area contributed by atoms with Crippen LogP contribution in [0.5, 0.6) is 0 Å². The SMILES string of the molecule is Cc1ccc(N(c2ccc3c4c2Cc2ccccc2N4c2cc4c(cc2C3)N2c3ccccc3Cc3c(N(c5ccc(C)cc5)c5cccc6c5oc5ccccc56)ccc(c32)C4)c2cccc3c2oc2ccccc23)cc1. The topological polar surface area (TPSA) is 39.2 Å². The molecule has 6 heterocycles. The molecule has 17 rings (SSSR count). The van der Waals surface area contributed by atoms with E-state index in [1.54, 1.807) is 0 Å². The van der Waals surface area contributed by atoms with Gasteiger partial charge in [-0.15, -0.1) is 0 Å². The molecule has 0 radical (unpaired) electrons. The molecule has 13 aromatic rings. The summed E-state index contributed by atoms with van der Waals surface area (Å²) in [7, 11) is 0. The van der Waals surface area contributed by atoms with Crippen LogP contribution in [0, 0.1) is 13.8 Å². The minimum Gasteiger partial charge on any atom is -0.454 e. The summed E-state index contributed by atoms with van der Waals surface area (Å²) in [5.74, 6) is 0. The number of anilines is 12. The molecule has 4 aliphatic rings. The molecular weight excluding hydrogens is 953 g/mol. The second-order valence-corrected chi connectivity index (χ2v) is 21.7. The Morgan fingerprint density at radius 2 is 0.731 bits per heavy atom. The lowest BCUT2D eigenvalue weighted by atomic mass is 9.81. The highest BCUT2D eigenvalue weighted by molar-refractivity contribution is 6.12. The van der Waals surface area contributed by atoms with Crippen molar-refractivity contribution >= 4 is 112 Å². The van der Waals surface area contributed by atoms with E-state index in [1.165, 1.54) is 89.8 Å². The summed E-state index contributed by atoms with van der Waals surface area (Å²) in [6.45, 7) is 4.32. The van der Waals surface area contributed by atoms with Crippen LogP contribution < -0.4 is 19.6 Å². The molecule has 6 heteroatoms. The maximum absolute atomic E-state index is 6.81. The largest absolute Gasteiger partial charge is 0.454 e. The lowest BCUT2D eigenvalue weighted by Crippen LogP contribution is -2.29. The van der Waals surface area contributed by atoms with Crippen LogP contribution in [0.15, 0.2) is 227 Å². The number of fused-ring (bicyclic) bond motifs is 14. The summed E-state index contributed by atoms with van der Waals surface area (Å²) in [4.78, 5) is 10.1. The van der Waals surface area contributed by atoms with E-state index in [1.807, 2.05) is 0 Å². The third-order valence-corrected chi connectivity index (χ3v) is 17.2. The number of furan rings is 2. The molecule has 0 N–H and O–H groups in total. The molecule has 0 bridgehead atoms. The van der Waals surface area contributed by atoms with E-state index >= 15 is 0 Å². The van der Waals surface area contributed by atoms with Crippen molar-refractivity contribution in [3.63, 3.8) is 0 Å². The first kappa shape index (κ1) is 43.5. The molecule has 0 atom stereocenters. The van der Waals surface area contributed by atoms with Gasteiger partial charge in [-0.05, 0) is 132 Å². The van der Waals surface area contributed by atoms with Gasteiger partial charge in [-0.2, -0.15) is 0 Å². The molecule has 0 unspecified atom stereocenters. The van der Waals surface area contributed by atoms with Gasteiger partial charge in [0, 0.05) is 81.1 Å². The first-order chi connectivity index (χ1) is 38.5. The molecule has 0 saturated heterocycles. The van der Waals surface area contributed by atoms with Crippen LogP contribution in [0.3, 0.4) is 0 Å². The van der Waals surface area contributed by atoms with Gasteiger partial charge in [0.15, 0.2) is 11.2 Å². The fraction of sp³-hybridized carbons (Fsp3) is 0.0833. The molecule has 0 fully saturated rings. The number of hydrogen-bond acceptors (Lipinski definition) is 6. The maximum Gasteiger partial charge on any atom is 0.159 e. The third kappa shape index (κ3) is 6.25. The summed E-state index contributed by atoms with van der Waals surface area (Å²) in [5, 5.41) is 4.47. The van der Waals surface area contributed by atoms with E-state index in [9.17, 15) is 0 Å². The predicted octanol–water partition coefficient (Wildman–Crippen LogP) is 19.6. The average molecular weight is 1000 g/mol. The summed E-state index contributed by atoms with van der Waals surface area (Å²) in [5.41, 5.74) is 30.7. The third-order valence-electron chi connectivity index (χ3n) is 17.2. The molecule has 4 aliphatic heterocycles. The van der Waals surface area contributed by atoms with E-state index in [0.29, 0.717) is 0 Å². The molecule has 0 aliphatic carbocycles. The molecule has 0 spiro atoms. The Hall–Kier alpha value is -9.78. The zero-order valence-electron chi connectivity index (χ0n) is 43.2. The second kappa shape index (κ2) is 16.4. The Balaban J connectivity index is 0.847. The summed E-state index contributed by atoms with van der Waals surface area (Å²) in [6.07, 6.45) is 3.23. The van der Waals surface area contributed by atoms with Crippen LogP contribution in [-0.2, 0) is 25.7 Å². The van der Waals surface area contributed by atoms with Crippen LogP contribution in [0.25, 0.3) is 43.9 Å². The van der Waals surface area contributed by atoms with Crippen molar-refractivity contribution in [1.82, 2.24) is 0 Å². The fourth-order valence-corrected chi connectivity index (χ4v) is 13.6. The van der Waals surface area contributed by atoms with Crippen LogP contribution >= 0.6 is 0 Å². The van der Waals surface area contributed by atoms with Crippen molar-refractivity contribution in [2.75, 3.05) is 19.6 Å². The van der Waals surface area contributed by atoms with E-state index < -0.39 is 0 Å². The summed E-state index contributed by atoms with van der Waals surface area (Å²) < 4.78 is 13.6. The van der Waals surface area contributed by atoms with E-state index in [0.717, 1.165) is 104 Å². The summed E-state index contributed by atoms with van der Waals surface area (Å²) in [6, 6.07) is 80.6. The zero-order chi connectivity index (χ0) is 51.3. The van der Waals surface area contributed by atoms with Gasteiger partial charge < -0.3 is 28.4 Å². The monoisotopic (exact) mass is 1000 g/mol. The molecule has 2 aromatic heterocycles. The molecule has 11 aromatic carbocycles. The van der Waals surface area contributed by atoms with Gasteiger partial charge >= 0.3 is 0 Å². The number of aryl methyl sites for hydroxylation is 2. The smallest absolute Gasteiger partial charge is 0.159 e. The Morgan fingerprint density at radius 1 is 0.321 bits per heavy atom. The lowest BCUT2D eigenvalue weighted by molar-refractivity contribution is 0.668. The Kier molecular flexibility index (Phi) is 9.12. The van der Waals surface area contributed by atoms with Crippen LogP contribution in [0.2, 0.25) is 0 Å². The van der Waals surface area contributed by atoms with Crippen LogP contribution in [-0.4, -0.2) is 0 Å². The minimum absolute atomic E-state index is 0.803. The predicted molar refractivity (Wildman–Crippen MR) is 320 cm³/mol. The Bertz CT molecular complexity index is 4380. The number of benzene rings is 11. The normalized spacial score (nSPS) is 13.5. The Morgan fingerprint density at radius 3 is 1.19 bits per heavy atom. The number of hydrogen-bond donors (Lipinski definition) is 0. The van der Waals surface area contributed by atoms with Crippen LogP contribution in [0.4, 0.5) is 68.2 Å². The van der Waals surface area contributed by atoms with Gasteiger partial charge in [0.2, 0.25) is 0 Å².